The van der Waals surface area contributed by atoms with Crippen LogP contribution in [-0.2, 0) is 11.2 Å². The van der Waals surface area contributed by atoms with Crippen molar-refractivity contribution < 1.29 is 22.8 Å². The van der Waals surface area contributed by atoms with Crippen molar-refractivity contribution in [1.82, 2.24) is 20.2 Å². The van der Waals surface area contributed by atoms with E-state index in [-0.39, 0.29) is 48.1 Å². The molecule has 0 aliphatic carbocycles. The Morgan fingerprint density at radius 3 is 2.44 bits per heavy atom. The second kappa shape index (κ2) is 9.23. The Bertz CT molecular complexity index is 993. The minimum atomic E-state index is -1.23. The monoisotopic (exact) mass is 447 g/mol. The first kappa shape index (κ1) is 22.2. The number of carbonyl (C=O) groups excluding carboxylic acids is 2. The van der Waals surface area contributed by atoms with Crippen molar-refractivity contribution in [1.29, 1.82) is 0 Å². The topological polar surface area (TPSA) is 101 Å². The van der Waals surface area contributed by atoms with E-state index in [0.29, 0.717) is 18.9 Å². The summed E-state index contributed by atoms with van der Waals surface area (Å²) in [6.45, 7) is -0.140. The molecule has 2 bridgehead atoms. The second-order valence-electron chi connectivity index (χ2n) is 8.42. The Morgan fingerprint density at radius 1 is 1.09 bits per heavy atom. The first-order chi connectivity index (χ1) is 15.3. The Labute approximate surface area is 183 Å². The third kappa shape index (κ3) is 4.59. The van der Waals surface area contributed by atoms with Gasteiger partial charge >= 0.3 is 0 Å². The first-order valence-corrected chi connectivity index (χ1v) is 10.6. The van der Waals surface area contributed by atoms with Gasteiger partial charge in [-0.15, -0.1) is 0 Å². The smallest absolute Gasteiger partial charge is 0.271 e. The van der Waals surface area contributed by atoms with Crippen molar-refractivity contribution in [2.24, 2.45) is 11.7 Å². The minimum Gasteiger partial charge on any atom is -0.342 e. The summed E-state index contributed by atoms with van der Waals surface area (Å²) in [6.07, 6.45) is 7.22. The van der Waals surface area contributed by atoms with Gasteiger partial charge in [-0.25, -0.2) is 18.2 Å². The third-order valence-electron chi connectivity index (χ3n) is 6.40. The standard InChI is InChI=1S/C22H24F3N5O2/c23-16-9-18(25)17(24)7-12(16)8-19(26)13-5-14-1-2-15(6-13)30(14)21(31)11-29-22(32)20-10-27-3-4-28-20/h3-4,7,9-10,13-15,19H,1-2,5-6,8,11,26H2,(H,29,32)/t13?,14?,15?,19-/m1/s1. The summed E-state index contributed by atoms with van der Waals surface area (Å²) in [5.41, 5.74) is 6.50. The number of hydrogen-bond donors (Lipinski definition) is 2. The van der Waals surface area contributed by atoms with Crippen molar-refractivity contribution in [3.63, 3.8) is 0 Å². The van der Waals surface area contributed by atoms with Crippen LogP contribution in [0.5, 0.6) is 0 Å². The van der Waals surface area contributed by atoms with E-state index in [2.05, 4.69) is 15.3 Å². The highest BCUT2D eigenvalue weighted by atomic mass is 19.2. The molecule has 0 radical (unpaired) electrons. The molecule has 4 rings (SSSR count). The highest BCUT2D eigenvalue weighted by Gasteiger charge is 2.44. The zero-order valence-electron chi connectivity index (χ0n) is 17.3. The molecule has 2 saturated heterocycles. The predicted molar refractivity (Wildman–Crippen MR) is 109 cm³/mol. The fourth-order valence-corrected chi connectivity index (χ4v) is 4.87. The lowest BCUT2D eigenvalue weighted by molar-refractivity contribution is -0.135. The van der Waals surface area contributed by atoms with Gasteiger partial charge in [0.15, 0.2) is 11.6 Å². The molecule has 3 N–H and O–H groups in total. The molecule has 2 aliphatic heterocycles. The normalized spacial score (nSPS) is 23.1. The summed E-state index contributed by atoms with van der Waals surface area (Å²) in [5, 5.41) is 2.58. The molecule has 0 spiro atoms. The summed E-state index contributed by atoms with van der Waals surface area (Å²) in [4.78, 5) is 34.5. The number of nitrogens with zero attached hydrogens (tertiary/aromatic N) is 3. The van der Waals surface area contributed by atoms with Crippen LogP contribution in [0.25, 0.3) is 0 Å². The number of fused-ring (bicyclic) bond motifs is 2. The molecule has 2 amide bonds. The van der Waals surface area contributed by atoms with Gasteiger partial charge in [-0.2, -0.15) is 0 Å². The number of nitrogens with two attached hydrogens (primary N) is 1. The lowest BCUT2D eigenvalue weighted by Gasteiger charge is -2.41. The fourth-order valence-electron chi connectivity index (χ4n) is 4.87. The lowest BCUT2D eigenvalue weighted by atomic mass is 9.82. The second-order valence-corrected chi connectivity index (χ2v) is 8.42. The van der Waals surface area contributed by atoms with Crippen LogP contribution in [0.2, 0.25) is 0 Å². The first-order valence-electron chi connectivity index (χ1n) is 10.6. The number of benzene rings is 1. The number of halogens is 3. The van der Waals surface area contributed by atoms with Crippen LogP contribution >= 0.6 is 0 Å². The molecule has 32 heavy (non-hydrogen) atoms. The molecule has 2 aliphatic rings. The number of hydrogen-bond acceptors (Lipinski definition) is 5. The van der Waals surface area contributed by atoms with E-state index < -0.39 is 29.4 Å². The van der Waals surface area contributed by atoms with Crippen molar-refractivity contribution in [2.45, 2.75) is 50.2 Å². The molecule has 170 valence electrons. The third-order valence-corrected chi connectivity index (χ3v) is 6.40. The van der Waals surface area contributed by atoms with Crippen LogP contribution in [0.4, 0.5) is 13.2 Å². The van der Waals surface area contributed by atoms with E-state index in [0.717, 1.165) is 18.9 Å². The van der Waals surface area contributed by atoms with E-state index in [1.807, 2.05) is 4.90 Å². The Morgan fingerprint density at radius 2 is 1.78 bits per heavy atom. The van der Waals surface area contributed by atoms with Gasteiger partial charge in [0.2, 0.25) is 5.91 Å². The number of amides is 2. The van der Waals surface area contributed by atoms with Crippen molar-refractivity contribution >= 4 is 11.8 Å². The fraction of sp³-hybridized carbons (Fsp3) is 0.455. The molecule has 0 saturated carbocycles. The van der Waals surface area contributed by atoms with Crippen LogP contribution < -0.4 is 11.1 Å². The summed E-state index contributed by atoms with van der Waals surface area (Å²) in [7, 11) is 0. The van der Waals surface area contributed by atoms with E-state index in [9.17, 15) is 22.8 Å². The van der Waals surface area contributed by atoms with E-state index in [1.54, 1.807) is 0 Å². The maximum Gasteiger partial charge on any atom is 0.271 e. The van der Waals surface area contributed by atoms with Crippen LogP contribution in [0.1, 0.15) is 41.7 Å². The van der Waals surface area contributed by atoms with Gasteiger partial charge < -0.3 is 16.0 Å². The van der Waals surface area contributed by atoms with Crippen molar-refractivity contribution in [3.8, 4) is 0 Å². The molecule has 2 unspecified atom stereocenters. The summed E-state index contributed by atoms with van der Waals surface area (Å²) < 4.78 is 40.7. The highest BCUT2D eigenvalue weighted by Crippen LogP contribution is 2.40. The SMILES string of the molecule is N[C@H](Cc1cc(F)c(F)cc1F)C1CC2CCC(C1)N2C(=O)CNC(=O)c1cnccn1. The number of piperidine rings is 1. The Balaban J connectivity index is 1.34. The quantitative estimate of drug-likeness (QED) is 0.660. The highest BCUT2D eigenvalue weighted by molar-refractivity contribution is 5.94. The zero-order valence-corrected chi connectivity index (χ0v) is 17.3. The van der Waals surface area contributed by atoms with Crippen LogP contribution in [0.3, 0.4) is 0 Å². The lowest BCUT2D eigenvalue weighted by Crippen LogP contribution is -2.52. The summed E-state index contributed by atoms with van der Waals surface area (Å²) >= 11 is 0. The van der Waals surface area contributed by atoms with Crippen molar-refractivity contribution in [3.05, 3.63) is 59.4 Å². The molecule has 3 heterocycles. The summed E-state index contributed by atoms with van der Waals surface area (Å²) in [6, 6.07) is 0.932. The number of aromatic nitrogens is 2. The van der Waals surface area contributed by atoms with Gasteiger partial charge in [-0.3, -0.25) is 14.6 Å². The maximum atomic E-state index is 14.0. The molecule has 1 aromatic carbocycles. The molecular weight excluding hydrogens is 423 g/mol. The van der Waals surface area contributed by atoms with Gasteiger partial charge in [0.25, 0.3) is 5.91 Å². The average molecular weight is 447 g/mol. The van der Waals surface area contributed by atoms with E-state index in [1.165, 1.54) is 18.6 Å². The van der Waals surface area contributed by atoms with Gasteiger partial charge in [0, 0.05) is 36.6 Å². The maximum absolute atomic E-state index is 14.0. The van der Waals surface area contributed by atoms with E-state index >= 15 is 0 Å². The van der Waals surface area contributed by atoms with Crippen LogP contribution in [0, 0.1) is 23.4 Å². The van der Waals surface area contributed by atoms with Gasteiger partial charge in [0.1, 0.15) is 11.5 Å². The van der Waals surface area contributed by atoms with Crippen LogP contribution in [0.15, 0.2) is 30.7 Å². The minimum absolute atomic E-state index is 0.0134. The van der Waals surface area contributed by atoms with E-state index in [4.69, 9.17) is 5.73 Å². The molecule has 10 heteroatoms. The number of carbonyl (C=O) groups is 2. The van der Waals surface area contributed by atoms with Crippen molar-refractivity contribution in [2.75, 3.05) is 6.54 Å². The summed E-state index contributed by atoms with van der Waals surface area (Å²) in [5.74, 6) is -3.75. The predicted octanol–water partition coefficient (Wildman–Crippen LogP) is 1.96. The van der Waals surface area contributed by atoms with Gasteiger partial charge in [0.05, 0.1) is 12.7 Å². The molecule has 2 aromatic rings. The molecule has 3 atom stereocenters. The molecule has 1 aromatic heterocycles. The number of rotatable bonds is 6. The van der Waals surface area contributed by atoms with Crippen LogP contribution in [-0.4, -0.2) is 51.4 Å². The largest absolute Gasteiger partial charge is 0.342 e. The van der Waals surface area contributed by atoms with Gasteiger partial charge in [-0.05, 0) is 49.7 Å². The van der Waals surface area contributed by atoms with Gasteiger partial charge in [-0.1, -0.05) is 0 Å². The Kier molecular flexibility index (Phi) is 6.40. The average Bonchev–Trinajstić information content (AvgIpc) is 3.05. The molecule has 7 nitrogen and oxygen atoms in total. The Hall–Kier alpha value is -3.01. The zero-order chi connectivity index (χ0) is 22.8. The number of nitrogens with one attached hydrogen (secondary N) is 1. The molecule has 2 fully saturated rings. The molecular formula is C22H24F3N5O2.